The Morgan fingerprint density at radius 3 is 2.07 bits per heavy atom. The molecule has 0 saturated carbocycles. The molecule has 10 atom stereocenters. The Hall–Kier alpha value is -3.35. The van der Waals surface area contributed by atoms with Crippen LogP contribution in [-0.4, -0.2) is 123 Å². The lowest BCUT2D eigenvalue weighted by molar-refractivity contribution is -0.323. The second-order valence-corrected chi connectivity index (χ2v) is 10.2. The maximum atomic E-state index is 13.2. The highest BCUT2D eigenvalue weighted by molar-refractivity contribution is 5.86. The lowest BCUT2D eigenvalue weighted by Crippen LogP contribution is -2.62. The van der Waals surface area contributed by atoms with Gasteiger partial charge in [-0.1, -0.05) is 0 Å². The van der Waals surface area contributed by atoms with E-state index < -0.39 is 80.1 Å². The van der Waals surface area contributed by atoms with Crippen molar-refractivity contribution in [2.45, 2.75) is 61.4 Å². The number of hydrogen-bond donors (Lipinski definition) is 8. The summed E-state index contributed by atoms with van der Waals surface area (Å²) < 4.78 is 33.5. The summed E-state index contributed by atoms with van der Waals surface area (Å²) >= 11 is 0. The van der Waals surface area contributed by atoms with Crippen molar-refractivity contribution in [2.75, 3.05) is 20.3 Å². The number of fused-ring (bicyclic) bond motifs is 1. The first kappa shape index (κ1) is 31.1. The molecule has 0 aliphatic carbocycles. The lowest BCUT2D eigenvalue weighted by atomic mass is 9.98. The Morgan fingerprint density at radius 1 is 0.791 bits per heavy atom. The van der Waals surface area contributed by atoms with E-state index in [0.717, 1.165) is 0 Å². The fourth-order valence-electron chi connectivity index (χ4n) is 4.88. The Kier molecular flexibility index (Phi) is 9.19. The van der Waals surface area contributed by atoms with Gasteiger partial charge in [-0.05, 0) is 24.3 Å². The maximum absolute atomic E-state index is 13.2. The Bertz CT molecular complexity index is 1460. The van der Waals surface area contributed by atoms with E-state index in [4.69, 9.17) is 28.1 Å². The van der Waals surface area contributed by atoms with Crippen LogP contribution in [0.3, 0.4) is 0 Å². The van der Waals surface area contributed by atoms with Crippen molar-refractivity contribution in [1.82, 2.24) is 0 Å². The molecule has 0 radical (unpaired) electrons. The molecule has 1 aromatic heterocycles. The monoisotopic (exact) mass is 608 g/mol. The molecule has 15 nitrogen and oxygen atoms in total. The number of hydrogen-bond acceptors (Lipinski definition) is 15. The number of rotatable bonds is 8. The van der Waals surface area contributed by atoms with E-state index in [9.17, 15) is 45.6 Å². The third kappa shape index (κ3) is 6.18. The zero-order valence-corrected chi connectivity index (χ0v) is 22.7. The molecule has 15 heteroatoms. The second-order valence-electron chi connectivity index (χ2n) is 10.2. The van der Waals surface area contributed by atoms with E-state index in [1.54, 1.807) is 12.1 Å². The molecular weight excluding hydrogens is 576 g/mol. The van der Waals surface area contributed by atoms with Gasteiger partial charge < -0.3 is 69.0 Å². The van der Waals surface area contributed by atoms with Crippen LogP contribution in [0.2, 0.25) is 0 Å². The average Bonchev–Trinajstić information content (AvgIpc) is 3.00. The fourth-order valence-corrected chi connectivity index (χ4v) is 4.88. The van der Waals surface area contributed by atoms with E-state index in [1.807, 2.05) is 0 Å². The number of benzene rings is 2. The zero-order chi connectivity index (χ0) is 31.0. The van der Waals surface area contributed by atoms with Gasteiger partial charge in [-0.25, -0.2) is 0 Å². The van der Waals surface area contributed by atoms with Gasteiger partial charge in [0.05, 0.1) is 20.3 Å². The van der Waals surface area contributed by atoms with Gasteiger partial charge >= 0.3 is 0 Å². The molecule has 8 N–H and O–H groups in total. The van der Waals surface area contributed by atoms with Crippen LogP contribution < -0.4 is 14.9 Å². The van der Waals surface area contributed by atoms with Crippen LogP contribution in [0, 0.1) is 0 Å². The number of methoxy groups -OCH3 is 1. The van der Waals surface area contributed by atoms with Crippen molar-refractivity contribution in [1.29, 1.82) is 0 Å². The van der Waals surface area contributed by atoms with Gasteiger partial charge in [0.25, 0.3) is 0 Å². The number of aromatic hydroxyl groups is 1. The van der Waals surface area contributed by atoms with Crippen LogP contribution in [0.25, 0.3) is 22.3 Å². The van der Waals surface area contributed by atoms with Gasteiger partial charge in [0.15, 0.2) is 11.7 Å². The molecule has 2 saturated heterocycles. The van der Waals surface area contributed by atoms with Gasteiger partial charge in [-0.15, -0.1) is 0 Å². The fraction of sp³-hybridized carbons (Fsp3) is 0.464. The highest BCUT2D eigenvalue weighted by atomic mass is 16.7. The van der Waals surface area contributed by atoms with Crippen molar-refractivity contribution in [3.8, 4) is 28.6 Å². The first-order valence-corrected chi connectivity index (χ1v) is 13.3. The molecule has 2 fully saturated rings. The quantitative estimate of drug-likeness (QED) is 0.140. The Labute approximate surface area is 243 Å². The standard InChI is InChI=1S/C28H32O15/c1-38-13-6-16-20(14(31)8-15(40-16)11-2-4-12(30)5-3-11)17(7-13)41-28-26(37)24(35)22(33)19(43-28)10-39-27-25(36)23(34)21(32)18(9-29)42-27/h2-8,18-19,21-30,32-37H,9-10H2,1H3/t18-,19-,21+,22+,23+,24+,25-,26-,27-,28+/m1/s1. The van der Waals surface area contributed by atoms with Crippen LogP contribution in [0.4, 0.5) is 0 Å². The maximum Gasteiger partial charge on any atom is 0.229 e. The molecule has 3 heterocycles. The van der Waals surface area contributed by atoms with Crippen molar-refractivity contribution < 1.29 is 69.0 Å². The molecular formula is C28H32O15. The Balaban J connectivity index is 1.39. The van der Waals surface area contributed by atoms with Gasteiger partial charge in [-0.2, -0.15) is 0 Å². The summed E-state index contributed by atoms with van der Waals surface area (Å²) in [4.78, 5) is 13.2. The largest absolute Gasteiger partial charge is 0.508 e. The lowest BCUT2D eigenvalue weighted by Gasteiger charge is -2.42. The first-order chi connectivity index (χ1) is 20.5. The normalized spacial score (nSPS) is 32.9. The highest BCUT2D eigenvalue weighted by Crippen LogP contribution is 2.35. The Morgan fingerprint density at radius 2 is 1.42 bits per heavy atom. The van der Waals surface area contributed by atoms with Gasteiger partial charge in [0, 0.05) is 23.8 Å². The molecule has 0 bridgehead atoms. The van der Waals surface area contributed by atoms with Gasteiger partial charge in [0.1, 0.15) is 82.8 Å². The van der Waals surface area contributed by atoms with Crippen molar-refractivity contribution in [3.05, 3.63) is 52.7 Å². The predicted molar refractivity (Wildman–Crippen MR) is 143 cm³/mol. The summed E-state index contributed by atoms with van der Waals surface area (Å²) in [6.07, 6.45) is -16.2. The predicted octanol–water partition coefficient (Wildman–Crippen LogP) is -1.82. The summed E-state index contributed by atoms with van der Waals surface area (Å²) in [6, 6.07) is 9.97. The summed E-state index contributed by atoms with van der Waals surface area (Å²) in [5.74, 6) is 0.289. The summed E-state index contributed by atoms with van der Waals surface area (Å²) in [6.45, 7) is -1.25. The topological polar surface area (TPSA) is 238 Å². The van der Waals surface area contributed by atoms with Gasteiger partial charge in [-0.3, -0.25) is 4.79 Å². The molecule has 5 rings (SSSR count). The van der Waals surface area contributed by atoms with Crippen LogP contribution in [-0.2, 0) is 14.2 Å². The van der Waals surface area contributed by atoms with E-state index in [2.05, 4.69) is 0 Å². The van der Waals surface area contributed by atoms with E-state index in [-0.39, 0.29) is 34.0 Å². The summed E-state index contributed by atoms with van der Waals surface area (Å²) in [5, 5.41) is 80.8. The van der Waals surface area contributed by atoms with Crippen molar-refractivity contribution in [2.24, 2.45) is 0 Å². The minimum absolute atomic E-state index is 0.0273. The van der Waals surface area contributed by atoms with Crippen LogP contribution in [0.1, 0.15) is 0 Å². The molecule has 234 valence electrons. The molecule has 2 aromatic carbocycles. The van der Waals surface area contributed by atoms with Gasteiger partial charge in [0.2, 0.25) is 6.29 Å². The SMILES string of the molecule is COc1cc(O[C@H]2O[C@H](CO[C@@H]3O[C@H](CO)[C@H](O)[C@H](O)[C@H]3O)[C@H](O)[C@H](O)[C@H]2O)c2c(=O)cc(-c3ccc(O)cc3)oc2c1. The molecule has 43 heavy (non-hydrogen) atoms. The second kappa shape index (κ2) is 12.7. The van der Waals surface area contributed by atoms with Crippen molar-refractivity contribution >= 4 is 11.0 Å². The van der Waals surface area contributed by atoms with Crippen LogP contribution in [0.15, 0.2) is 51.7 Å². The van der Waals surface area contributed by atoms with Crippen molar-refractivity contribution in [3.63, 3.8) is 0 Å². The molecule has 2 aliphatic heterocycles. The van der Waals surface area contributed by atoms with E-state index in [0.29, 0.717) is 5.56 Å². The minimum Gasteiger partial charge on any atom is -0.508 e. The highest BCUT2D eigenvalue weighted by Gasteiger charge is 2.48. The third-order valence-electron chi connectivity index (χ3n) is 7.34. The van der Waals surface area contributed by atoms with E-state index >= 15 is 0 Å². The minimum atomic E-state index is -1.81. The molecule has 0 spiro atoms. The molecule has 0 unspecified atom stereocenters. The molecule has 0 amide bonds. The number of aliphatic hydroxyl groups excluding tert-OH is 7. The van der Waals surface area contributed by atoms with Crippen LogP contribution in [0.5, 0.6) is 17.2 Å². The zero-order valence-electron chi connectivity index (χ0n) is 22.7. The molecule has 2 aliphatic rings. The van der Waals surface area contributed by atoms with E-state index in [1.165, 1.54) is 37.4 Å². The molecule has 3 aromatic rings. The summed E-state index contributed by atoms with van der Waals surface area (Å²) in [5.41, 5.74) is 0.0288. The van der Waals surface area contributed by atoms with Crippen LogP contribution >= 0.6 is 0 Å². The summed E-state index contributed by atoms with van der Waals surface area (Å²) in [7, 11) is 1.37. The first-order valence-electron chi connectivity index (χ1n) is 13.3. The number of aliphatic hydroxyl groups is 7. The third-order valence-corrected chi connectivity index (χ3v) is 7.34. The number of phenols is 1. The number of ether oxygens (including phenoxy) is 5. The average molecular weight is 609 g/mol. The number of phenolic OH excluding ortho intramolecular Hbond substituents is 1. The smallest absolute Gasteiger partial charge is 0.229 e.